The Balaban J connectivity index is 1.61. The van der Waals surface area contributed by atoms with E-state index >= 15 is 0 Å². The minimum Gasteiger partial charge on any atom is -0.497 e. The van der Waals surface area contributed by atoms with Crippen LogP contribution in [0.3, 0.4) is 0 Å². The zero-order chi connectivity index (χ0) is 16.1. The van der Waals surface area contributed by atoms with Crippen molar-refractivity contribution in [2.24, 2.45) is 5.41 Å². The van der Waals surface area contributed by atoms with Crippen molar-refractivity contribution in [2.75, 3.05) is 33.3 Å². The number of rotatable bonds is 3. The lowest BCUT2D eigenvalue weighted by atomic mass is 9.74. The molecule has 2 fully saturated rings. The molecule has 0 aromatic heterocycles. The molecule has 1 unspecified atom stereocenters. The second-order valence-electron chi connectivity index (χ2n) is 6.75. The summed E-state index contributed by atoms with van der Waals surface area (Å²) in [5.41, 5.74) is 1.32. The molecule has 2 saturated heterocycles. The number of nitrogens with one attached hydrogen (secondary N) is 1. The van der Waals surface area contributed by atoms with Crippen LogP contribution in [-0.2, 0) is 4.79 Å². The number of carbonyl (C=O) groups is 1. The van der Waals surface area contributed by atoms with Gasteiger partial charge in [-0.1, -0.05) is 12.1 Å². The minimum absolute atomic E-state index is 0.130. The Labute approximate surface area is 138 Å². The van der Waals surface area contributed by atoms with E-state index in [4.69, 9.17) is 4.74 Å². The average Bonchev–Trinajstić information content (AvgIpc) is 2.61. The molecule has 3 rings (SSSR count). The molecule has 1 amide bonds. The monoisotopic (exact) mass is 314 g/mol. The summed E-state index contributed by atoms with van der Waals surface area (Å²) >= 11 is 0. The third-order valence-corrected chi connectivity index (χ3v) is 5.07. The number of piperidine rings is 2. The Kier molecular flexibility index (Phi) is 5.01. The van der Waals surface area contributed by atoms with E-state index in [9.17, 15) is 4.79 Å². The van der Waals surface area contributed by atoms with Gasteiger partial charge in [0.15, 0.2) is 0 Å². The van der Waals surface area contributed by atoms with Crippen molar-refractivity contribution in [1.29, 1.82) is 0 Å². The summed E-state index contributed by atoms with van der Waals surface area (Å²) in [5.74, 6) is 0.960. The Morgan fingerprint density at radius 2 is 2.04 bits per heavy atom. The molecule has 23 heavy (non-hydrogen) atoms. The summed E-state index contributed by atoms with van der Waals surface area (Å²) in [6.45, 7) is 3.95. The fraction of sp³-hybridized carbons (Fsp3) is 0.526. The summed E-state index contributed by atoms with van der Waals surface area (Å²) in [6.07, 6.45) is 8.42. The summed E-state index contributed by atoms with van der Waals surface area (Å²) in [5, 5.41) is 3.51. The quantitative estimate of drug-likeness (QED) is 0.872. The maximum absolute atomic E-state index is 12.5. The Morgan fingerprint density at radius 1 is 1.26 bits per heavy atom. The number of methoxy groups -OCH3 is 1. The average molecular weight is 314 g/mol. The molecule has 2 heterocycles. The molecule has 0 radical (unpaired) electrons. The molecule has 1 aromatic carbocycles. The molecule has 0 aliphatic carbocycles. The van der Waals surface area contributed by atoms with E-state index in [0.29, 0.717) is 5.41 Å². The van der Waals surface area contributed by atoms with Crippen molar-refractivity contribution in [3.8, 4) is 5.75 Å². The normalized spacial score (nSPS) is 25.0. The van der Waals surface area contributed by atoms with Crippen LogP contribution >= 0.6 is 0 Å². The van der Waals surface area contributed by atoms with Gasteiger partial charge < -0.3 is 15.0 Å². The van der Waals surface area contributed by atoms with Crippen LogP contribution in [-0.4, -0.2) is 44.1 Å². The molecule has 2 aliphatic heterocycles. The smallest absolute Gasteiger partial charge is 0.246 e. The minimum atomic E-state index is 0.130. The van der Waals surface area contributed by atoms with Gasteiger partial charge in [-0.15, -0.1) is 0 Å². The van der Waals surface area contributed by atoms with Gasteiger partial charge in [-0.3, -0.25) is 4.79 Å². The van der Waals surface area contributed by atoms with E-state index in [-0.39, 0.29) is 5.91 Å². The molecule has 0 bridgehead atoms. The highest BCUT2D eigenvalue weighted by atomic mass is 16.5. The zero-order valence-corrected chi connectivity index (χ0v) is 13.9. The van der Waals surface area contributed by atoms with E-state index in [0.717, 1.165) is 43.9 Å². The highest BCUT2D eigenvalue weighted by Gasteiger charge is 2.37. The zero-order valence-electron chi connectivity index (χ0n) is 13.9. The predicted octanol–water partition coefficient (Wildman–Crippen LogP) is 2.70. The van der Waals surface area contributed by atoms with E-state index < -0.39 is 0 Å². The number of nitrogens with zero attached hydrogens (tertiary/aromatic N) is 1. The number of hydrogen-bond acceptors (Lipinski definition) is 3. The van der Waals surface area contributed by atoms with Gasteiger partial charge in [0.2, 0.25) is 5.91 Å². The second kappa shape index (κ2) is 7.18. The molecule has 1 atom stereocenters. The Bertz CT molecular complexity index is 554. The van der Waals surface area contributed by atoms with Crippen LogP contribution in [0, 0.1) is 5.41 Å². The number of benzene rings is 1. The molecule has 4 nitrogen and oxygen atoms in total. The highest BCUT2D eigenvalue weighted by Crippen LogP contribution is 2.35. The van der Waals surface area contributed by atoms with Crippen LogP contribution in [0.25, 0.3) is 6.08 Å². The predicted molar refractivity (Wildman–Crippen MR) is 92.4 cm³/mol. The Hall–Kier alpha value is -1.81. The summed E-state index contributed by atoms with van der Waals surface area (Å²) < 4.78 is 5.15. The standard InChI is InChI=1S/C19H26N2O2/c1-23-17-7-4-16(5-8-17)6-9-18(22)21-13-3-11-19(15-21)10-2-12-20-14-19/h4-9,20H,2-3,10-15H2,1H3/b9-6+. The van der Waals surface area contributed by atoms with Gasteiger partial charge in [0.1, 0.15) is 5.75 Å². The van der Waals surface area contributed by atoms with Gasteiger partial charge in [0, 0.05) is 31.1 Å². The van der Waals surface area contributed by atoms with Gasteiger partial charge in [-0.05, 0) is 56.0 Å². The first-order valence-corrected chi connectivity index (χ1v) is 8.53. The van der Waals surface area contributed by atoms with Crippen molar-refractivity contribution >= 4 is 12.0 Å². The van der Waals surface area contributed by atoms with Gasteiger partial charge in [-0.2, -0.15) is 0 Å². The topological polar surface area (TPSA) is 41.6 Å². The number of carbonyl (C=O) groups excluding carboxylic acids is 1. The lowest BCUT2D eigenvalue weighted by Crippen LogP contribution is -2.52. The van der Waals surface area contributed by atoms with Crippen molar-refractivity contribution in [2.45, 2.75) is 25.7 Å². The summed E-state index contributed by atoms with van der Waals surface area (Å²) in [7, 11) is 1.65. The fourth-order valence-electron chi connectivity index (χ4n) is 3.76. The van der Waals surface area contributed by atoms with Crippen LogP contribution < -0.4 is 10.1 Å². The number of hydrogen-bond donors (Lipinski definition) is 1. The van der Waals surface area contributed by atoms with Crippen LogP contribution in [0.4, 0.5) is 0 Å². The highest BCUT2D eigenvalue weighted by molar-refractivity contribution is 5.91. The maximum Gasteiger partial charge on any atom is 0.246 e. The van der Waals surface area contributed by atoms with Crippen molar-refractivity contribution in [1.82, 2.24) is 10.2 Å². The lowest BCUT2D eigenvalue weighted by molar-refractivity contribution is -0.129. The first-order valence-electron chi connectivity index (χ1n) is 8.53. The third kappa shape index (κ3) is 3.94. The summed E-state index contributed by atoms with van der Waals surface area (Å²) in [4.78, 5) is 14.5. The first kappa shape index (κ1) is 16.1. The molecule has 1 spiro atoms. The van der Waals surface area contributed by atoms with Crippen molar-refractivity contribution < 1.29 is 9.53 Å². The van der Waals surface area contributed by atoms with Crippen molar-refractivity contribution in [3.05, 3.63) is 35.9 Å². The number of likely N-dealkylation sites (tertiary alicyclic amines) is 1. The van der Waals surface area contributed by atoms with Crippen LogP contribution in [0.2, 0.25) is 0 Å². The molecule has 0 saturated carbocycles. The molecular formula is C19H26N2O2. The first-order chi connectivity index (χ1) is 11.2. The van der Waals surface area contributed by atoms with E-state index in [1.807, 2.05) is 35.2 Å². The molecule has 1 N–H and O–H groups in total. The SMILES string of the molecule is COc1ccc(/C=C/C(=O)N2CCCC3(CCCNC3)C2)cc1. The second-order valence-corrected chi connectivity index (χ2v) is 6.75. The molecule has 4 heteroatoms. The molecular weight excluding hydrogens is 288 g/mol. The van der Waals surface area contributed by atoms with E-state index in [2.05, 4.69) is 5.32 Å². The van der Waals surface area contributed by atoms with Gasteiger partial charge in [-0.25, -0.2) is 0 Å². The lowest BCUT2D eigenvalue weighted by Gasteiger charge is -2.45. The van der Waals surface area contributed by atoms with E-state index in [1.54, 1.807) is 13.2 Å². The third-order valence-electron chi connectivity index (χ3n) is 5.07. The van der Waals surface area contributed by atoms with Gasteiger partial charge in [0.05, 0.1) is 7.11 Å². The molecule has 124 valence electrons. The number of amides is 1. The maximum atomic E-state index is 12.5. The molecule has 2 aliphatic rings. The molecule has 1 aromatic rings. The van der Waals surface area contributed by atoms with Crippen LogP contribution in [0.5, 0.6) is 5.75 Å². The van der Waals surface area contributed by atoms with E-state index in [1.165, 1.54) is 19.3 Å². The number of ether oxygens (including phenoxy) is 1. The Morgan fingerprint density at radius 3 is 2.74 bits per heavy atom. The largest absolute Gasteiger partial charge is 0.497 e. The fourth-order valence-corrected chi connectivity index (χ4v) is 3.76. The van der Waals surface area contributed by atoms with Crippen molar-refractivity contribution in [3.63, 3.8) is 0 Å². The summed E-state index contributed by atoms with van der Waals surface area (Å²) in [6, 6.07) is 7.75. The van der Waals surface area contributed by atoms with Crippen LogP contribution in [0.15, 0.2) is 30.3 Å². The van der Waals surface area contributed by atoms with Crippen LogP contribution in [0.1, 0.15) is 31.2 Å². The van der Waals surface area contributed by atoms with Gasteiger partial charge in [0.25, 0.3) is 0 Å². The van der Waals surface area contributed by atoms with Gasteiger partial charge >= 0.3 is 0 Å².